The molecule has 0 bridgehead atoms. The molecule has 1 aliphatic heterocycles. The molecule has 0 aromatic heterocycles. The van der Waals surface area contributed by atoms with E-state index in [1.807, 2.05) is 37.3 Å². The number of likely N-dealkylation sites (tertiary alicyclic amines) is 1. The van der Waals surface area contributed by atoms with Gasteiger partial charge in [0.1, 0.15) is 11.9 Å². The van der Waals surface area contributed by atoms with E-state index >= 15 is 0 Å². The number of hydrogen-bond donors (Lipinski definition) is 1. The smallest absolute Gasteiger partial charge is 0.303 e. The fourth-order valence-electron chi connectivity index (χ4n) is 6.11. The predicted octanol–water partition coefficient (Wildman–Crippen LogP) is 5.00. The van der Waals surface area contributed by atoms with Crippen LogP contribution in [0.15, 0.2) is 66.7 Å². The lowest BCUT2D eigenvalue weighted by Gasteiger charge is -2.34. The van der Waals surface area contributed by atoms with E-state index in [4.69, 9.17) is 14.2 Å². The van der Waals surface area contributed by atoms with Crippen LogP contribution >= 0.6 is 0 Å². The molecule has 8 heteroatoms. The van der Waals surface area contributed by atoms with Gasteiger partial charge >= 0.3 is 5.97 Å². The minimum Gasteiger partial charge on any atom is -0.493 e. The molecule has 1 aliphatic carbocycles. The highest BCUT2D eigenvalue weighted by Gasteiger charge is 2.50. The molecule has 0 radical (unpaired) electrons. The summed E-state index contributed by atoms with van der Waals surface area (Å²) in [6.07, 6.45) is -0.382. The normalized spacial score (nSPS) is 21.7. The van der Waals surface area contributed by atoms with Crippen LogP contribution in [0, 0.1) is 11.2 Å². The van der Waals surface area contributed by atoms with Gasteiger partial charge in [-0.05, 0) is 47.9 Å². The van der Waals surface area contributed by atoms with E-state index in [1.165, 1.54) is 42.3 Å². The van der Waals surface area contributed by atoms with Crippen LogP contribution in [0.3, 0.4) is 0 Å². The van der Waals surface area contributed by atoms with Crippen LogP contribution in [0.5, 0.6) is 11.5 Å². The third kappa shape index (κ3) is 5.79. The van der Waals surface area contributed by atoms with Crippen molar-refractivity contribution in [2.75, 3.05) is 20.2 Å². The van der Waals surface area contributed by atoms with E-state index in [0.717, 1.165) is 18.4 Å². The molecule has 1 fully saturated rings. The summed E-state index contributed by atoms with van der Waals surface area (Å²) in [7, 11) is 1.60. The van der Waals surface area contributed by atoms with E-state index in [9.17, 15) is 19.1 Å². The first-order valence-corrected chi connectivity index (χ1v) is 13.9. The topological polar surface area (TPSA) is 85.3 Å². The number of fused-ring (bicyclic) bond motifs is 1. The van der Waals surface area contributed by atoms with E-state index < -0.39 is 35.3 Å². The number of halogens is 1. The number of hydrogen-bond acceptors (Lipinski definition) is 6. The van der Waals surface area contributed by atoms with Crippen molar-refractivity contribution in [1.29, 1.82) is 0 Å². The fourth-order valence-corrected chi connectivity index (χ4v) is 6.11. The third-order valence-electron chi connectivity index (χ3n) is 8.57. The molecular weight excluding hydrogens is 525 g/mol. The Labute approximate surface area is 239 Å². The molecule has 0 saturated carbocycles. The number of benzene rings is 3. The van der Waals surface area contributed by atoms with Crippen LogP contribution in [0.4, 0.5) is 4.39 Å². The number of amides is 1. The van der Waals surface area contributed by atoms with Crippen LogP contribution < -0.4 is 9.47 Å². The van der Waals surface area contributed by atoms with Gasteiger partial charge < -0.3 is 24.2 Å². The number of methoxy groups -OCH3 is 1. The van der Waals surface area contributed by atoms with Crippen molar-refractivity contribution in [3.63, 3.8) is 0 Å². The Balaban J connectivity index is 1.42. The van der Waals surface area contributed by atoms with Gasteiger partial charge in [-0.2, -0.15) is 0 Å². The van der Waals surface area contributed by atoms with Crippen molar-refractivity contribution in [2.24, 2.45) is 5.41 Å². The molecule has 216 valence electrons. The molecule has 4 unspecified atom stereocenters. The predicted molar refractivity (Wildman–Crippen MR) is 151 cm³/mol. The molecule has 2 aliphatic rings. The van der Waals surface area contributed by atoms with Gasteiger partial charge in [-0.3, -0.25) is 9.59 Å². The monoisotopic (exact) mass is 561 g/mol. The van der Waals surface area contributed by atoms with Gasteiger partial charge in [0.2, 0.25) is 6.10 Å². The Kier molecular flexibility index (Phi) is 8.04. The summed E-state index contributed by atoms with van der Waals surface area (Å²) in [4.78, 5) is 27.3. The summed E-state index contributed by atoms with van der Waals surface area (Å²) in [6.45, 7) is 5.44. The summed E-state index contributed by atoms with van der Waals surface area (Å²) in [5.41, 5.74) is 3.15. The summed E-state index contributed by atoms with van der Waals surface area (Å²) >= 11 is 0. The second-order valence-electron chi connectivity index (χ2n) is 11.3. The zero-order valence-electron chi connectivity index (χ0n) is 23.8. The molecule has 1 heterocycles. The zero-order valence-corrected chi connectivity index (χ0v) is 23.8. The molecule has 0 spiro atoms. The Morgan fingerprint density at radius 1 is 1.02 bits per heavy atom. The Hall–Kier alpha value is -3.91. The van der Waals surface area contributed by atoms with Gasteiger partial charge in [0.05, 0.1) is 13.2 Å². The zero-order chi connectivity index (χ0) is 29.3. The van der Waals surface area contributed by atoms with Crippen molar-refractivity contribution in [1.82, 2.24) is 4.90 Å². The maximum Gasteiger partial charge on any atom is 0.303 e. The van der Waals surface area contributed by atoms with E-state index in [-0.39, 0.29) is 18.6 Å². The maximum atomic E-state index is 13.8. The Bertz CT molecular complexity index is 1400. The highest BCUT2D eigenvalue weighted by Crippen LogP contribution is 2.48. The van der Waals surface area contributed by atoms with E-state index in [0.29, 0.717) is 23.6 Å². The summed E-state index contributed by atoms with van der Waals surface area (Å²) in [5, 5.41) is 11.0. The third-order valence-corrected chi connectivity index (χ3v) is 8.57. The molecule has 1 amide bonds. The van der Waals surface area contributed by atoms with E-state index in [2.05, 4.69) is 12.1 Å². The number of nitrogens with zero attached hydrogens (tertiary/aromatic N) is 1. The second-order valence-corrected chi connectivity index (χ2v) is 11.3. The van der Waals surface area contributed by atoms with Gasteiger partial charge in [0.25, 0.3) is 5.91 Å². The Morgan fingerprint density at radius 2 is 1.68 bits per heavy atom. The lowest BCUT2D eigenvalue weighted by Crippen LogP contribution is -2.39. The molecule has 4 atom stereocenters. The maximum absolute atomic E-state index is 13.8. The first-order chi connectivity index (χ1) is 19.6. The standard InChI is InChI=1S/C33H36FNO6/c1-20(36)33(3)19-35(32(38)31(40-21(2)37)22-9-12-26(34)13-10-22)18-28(33)25-11-14-29(39-4)30(17-25)41-27-15-23-7-5-6-8-24(23)16-27/h5-14,17,20,27-28,31,36H,15-16,18-19H2,1-4H3. The molecule has 3 aromatic rings. The molecular formula is C33H36FNO6. The largest absolute Gasteiger partial charge is 0.493 e. The van der Waals surface area contributed by atoms with Crippen molar-refractivity contribution >= 4 is 11.9 Å². The average molecular weight is 562 g/mol. The fraction of sp³-hybridized carbons (Fsp3) is 0.394. The van der Waals surface area contributed by atoms with Crippen molar-refractivity contribution < 1.29 is 33.3 Å². The summed E-state index contributed by atoms with van der Waals surface area (Å²) in [6, 6.07) is 19.4. The lowest BCUT2D eigenvalue weighted by atomic mass is 9.72. The minimum atomic E-state index is -1.22. The molecule has 3 aromatic carbocycles. The first kappa shape index (κ1) is 28.6. The Morgan fingerprint density at radius 3 is 2.27 bits per heavy atom. The number of carbonyl (C=O) groups excluding carboxylic acids is 2. The average Bonchev–Trinajstić information content (AvgIpc) is 3.53. The van der Waals surface area contributed by atoms with Gasteiger partial charge in [-0.25, -0.2) is 4.39 Å². The van der Waals surface area contributed by atoms with Crippen LogP contribution in [-0.2, 0) is 27.2 Å². The highest BCUT2D eigenvalue weighted by molar-refractivity contribution is 5.85. The van der Waals surface area contributed by atoms with Gasteiger partial charge in [-0.15, -0.1) is 0 Å². The van der Waals surface area contributed by atoms with Crippen molar-refractivity contribution in [3.05, 3.63) is 94.8 Å². The quantitative estimate of drug-likeness (QED) is 0.390. The number of ether oxygens (including phenoxy) is 3. The van der Waals surface area contributed by atoms with Crippen LogP contribution in [0.25, 0.3) is 0 Å². The number of rotatable bonds is 8. The summed E-state index contributed by atoms with van der Waals surface area (Å²) < 4.78 is 31.1. The SMILES string of the molecule is COc1ccc(C2CN(C(=O)C(OC(C)=O)c3ccc(F)cc3)CC2(C)C(C)O)cc1OC1Cc2ccccc2C1. The van der Waals surface area contributed by atoms with Crippen LogP contribution in [0.1, 0.15) is 55.0 Å². The van der Waals surface area contributed by atoms with Gasteiger partial charge in [0, 0.05) is 49.8 Å². The van der Waals surface area contributed by atoms with Gasteiger partial charge in [-0.1, -0.05) is 49.4 Å². The van der Waals surface area contributed by atoms with Gasteiger partial charge in [0.15, 0.2) is 11.5 Å². The number of carbonyl (C=O) groups is 2. The van der Waals surface area contributed by atoms with E-state index in [1.54, 1.807) is 18.9 Å². The number of aliphatic hydroxyl groups is 1. The van der Waals surface area contributed by atoms with Crippen molar-refractivity contribution in [3.8, 4) is 11.5 Å². The van der Waals surface area contributed by atoms with Crippen molar-refractivity contribution in [2.45, 2.75) is 57.8 Å². The lowest BCUT2D eigenvalue weighted by molar-refractivity contribution is -0.159. The summed E-state index contributed by atoms with van der Waals surface area (Å²) in [5.74, 6) is -0.510. The molecule has 5 rings (SSSR count). The molecule has 1 saturated heterocycles. The van der Waals surface area contributed by atoms with Crippen LogP contribution in [0.2, 0.25) is 0 Å². The molecule has 7 nitrogen and oxygen atoms in total. The van der Waals surface area contributed by atoms with Crippen LogP contribution in [-0.4, -0.2) is 54.3 Å². The molecule has 41 heavy (non-hydrogen) atoms. The second kappa shape index (κ2) is 11.5. The number of esters is 1. The minimum absolute atomic E-state index is 0.0263. The number of aliphatic hydroxyl groups excluding tert-OH is 1. The highest BCUT2D eigenvalue weighted by atomic mass is 19.1. The first-order valence-electron chi connectivity index (χ1n) is 13.9. The molecule has 1 N–H and O–H groups in total.